The molecule has 0 N–H and O–H groups in total. The summed E-state index contributed by atoms with van der Waals surface area (Å²) in [4.78, 5) is 5.23. The van der Waals surface area contributed by atoms with Crippen LogP contribution in [0.1, 0.15) is 76.0 Å². The van der Waals surface area contributed by atoms with Crippen molar-refractivity contribution in [1.82, 2.24) is 0 Å². The molecule has 3 heteroatoms. The van der Waals surface area contributed by atoms with E-state index in [9.17, 15) is 0 Å². The molecule has 0 saturated heterocycles. The molecule has 46 heavy (non-hydrogen) atoms. The van der Waals surface area contributed by atoms with Gasteiger partial charge in [0, 0.05) is 41.7 Å². The Morgan fingerprint density at radius 3 is 2.30 bits per heavy atom. The fourth-order valence-corrected chi connectivity index (χ4v) is 9.12. The van der Waals surface area contributed by atoms with Crippen molar-refractivity contribution in [2.24, 2.45) is 11.8 Å². The van der Waals surface area contributed by atoms with Crippen molar-refractivity contribution in [3.05, 3.63) is 129 Å². The summed E-state index contributed by atoms with van der Waals surface area (Å²) in [6.45, 7) is 11.6. The molecule has 5 aliphatic rings. The van der Waals surface area contributed by atoms with Crippen LogP contribution in [0, 0.1) is 25.7 Å². The van der Waals surface area contributed by atoms with Crippen LogP contribution in [0.25, 0.3) is 16.7 Å². The molecule has 0 bridgehead atoms. The number of benzene rings is 3. The SMILES string of the molecule is CC1=CCCC(C)=C1c1cccc(-c2c(C)cccc2C)c1N1c2ccccc2N(C)C1C1=C2OC3=C(C=CCC3)C2CCC1C. The zero-order valence-corrected chi connectivity index (χ0v) is 28.3. The van der Waals surface area contributed by atoms with Crippen molar-refractivity contribution >= 4 is 22.6 Å². The summed E-state index contributed by atoms with van der Waals surface area (Å²) < 4.78 is 6.97. The van der Waals surface area contributed by atoms with Gasteiger partial charge in [0.15, 0.2) is 0 Å². The number of allylic oxidation sites excluding steroid dienone is 8. The van der Waals surface area contributed by atoms with Crippen LogP contribution in [-0.2, 0) is 4.74 Å². The van der Waals surface area contributed by atoms with Gasteiger partial charge in [-0.2, -0.15) is 0 Å². The van der Waals surface area contributed by atoms with E-state index in [2.05, 4.69) is 130 Å². The topological polar surface area (TPSA) is 15.7 Å². The molecule has 0 fully saturated rings. The first-order valence-electron chi connectivity index (χ1n) is 17.3. The summed E-state index contributed by atoms with van der Waals surface area (Å²) in [6.07, 6.45) is 13.8. The number of hydrogen-bond donors (Lipinski definition) is 0. The highest BCUT2D eigenvalue weighted by Gasteiger charge is 2.47. The molecule has 3 nitrogen and oxygen atoms in total. The molecule has 3 aromatic rings. The van der Waals surface area contributed by atoms with E-state index in [0.29, 0.717) is 11.8 Å². The Kier molecular flexibility index (Phi) is 7.12. The van der Waals surface area contributed by atoms with Crippen molar-refractivity contribution in [3.63, 3.8) is 0 Å². The molecule has 2 aliphatic heterocycles. The number of likely N-dealkylation sites (N-methyl/N-ethyl adjacent to an activating group) is 1. The third-order valence-corrected chi connectivity index (χ3v) is 11.3. The first kappa shape index (κ1) is 29.2. The average molecular weight is 607 g/mol. The number of para-hydroxylation sites is 3. The van der Waals surface area contributed by atoms with Gasteiger partial charge in [-0.25, -0.2) is 0 Å². The zero-order valence-electron chi connectivity index (χ0n) is 28.3. The molecule has 3 aromatic carbocycles. The Labute approximate surface area is 275 Å². The maximum absolute atomic E-state index is 6.97. The lowest BCUT2D eigenvalue weighted by molar-refractivity contribution is 0.257. The molecular formula is C43H46N2O. The van der Waals surface area contributed by atoms with Crippen LogP contribution in [0.2, 0.25) is 0 Å². The van der Waals surface area contributed by atoms with Crippen LogP contribution in [0.4, 0.5) is 17.1 Å². The lowest BCUT2D eigenvalue weighted by atomic mass is 9.77. The second-order valence-corrected chi connectivity index (χ2v) is 14.2. The van der Waals surface area contributed by atoms with Gasteiger partial charge < -0.3 is 14.5 Å². The predicted octanol–water partition coefficient (Wildman–Crippen LogP) is 11.3. The summed E-state index contributed by atoms with van der Waals surface area (Å²) in [5, 5.41) is 0. The van der Waals surface area contributed by atoms with Gasteiger partial charge in [0.25, 0.3) is 0 Å². The molecule has 0 amide bonds. The van der Waals surface area contributed by atoms with E-state index in [1.54, 1.807) is 0 Å². The van der Waals surface area contributed by atoms with E-state index in [0.717, 1.165) is 32.1 Å². The number of fused-ring (bicyclic) bond motifs is 3. The van der Waals surface area contributed by atoms with Crippen molar-refractivity contribution in [2.75, 3.05) is 16.8 Å². The summed E-state index contributed by atoms with van der Waals surface area (Å²) >= 11 is 0. The maximum atomic E-state index is 6.97. The molecule has 0 aromatic heterocycles. The molecule has 3 aliphatic carbocycles. The van der Waals surface area contributed by atoms with Gasteiger partial charge in [0.1, 0.15) is 17.7 Å². The van der Waals surface area contributed by atoms with Crippen LogP contribution in [-0.4, -0.2) is 13.2 Å². The number of nitrogens with zero attached hydrogens (tertiary/aromatic N) is 2. The van der Waals surface area contributed by atoms with Gasteiger partial charge in [-0.3, -0.25) is 0 Å². The molecule has 234 valence electrons. The number of anilines is 3. The van der Waals surface area contributed by atoms with Crippen LogP contribution in [0.15, 0.2) is 113 Å². The second kappa shape index (κ2) is 11.2. The maximum Gasteiger partial charge on any atom is 0.132 e. The minimum absolute atomic E-state index is 0.00791. The van der Waals surface area contributed by atoms with Crippen molar-refractivity contribution < 1.29 is 4.74 Å². The molecule has 0 radical (unpaired) electrons. The third-order valence-electron chi connectivity index (χ3n) is 11.3. The Morgan fingerprint density at radius 2 is 1.52 bits per heavy atom. The van der Waals surface area contributed by atoms with Crippen molar-refractivity contribution in [3.8, 4) is 11.1 Å². The number of hydrogen-bond acceptors (Lipinski definition) is 3. The third kappa shape index (κ3) is 4.38. The van der Waals surface area contributed by atoms with Crippen molar-refractivity contribution in [2.45, 2.75) is 79.3 Å². The van der Waals surface area contributed by atoms with E-state index >= 15 is 0 Å². The molecule has 3 unspecified atom stereocenters. The van der Waals surface area contributed by atoms with E-state index in [1.165, 1.54) is 90.7 Å². The monoisotopic (exact) mass is 606 g/mol. The Morgan fingerprint density at radius 1 is 0.783 bits per heavy atom. The van der Waals surface area contributed by atoms with Gasteiger partial charge >= 0.3 is 0 Å². The van der Waals surface area contributed by atoms with Gasteiger partial charge in [0.05, 0.1) is 17.1 Å². The van der Waals surface area contributed by atoms with E-state index in [4.69, 9.17) is 4.74 Å². The summed E-state index contributed by atoms with van der Waals surface area (Å²) in [6, 6.07) is 22.8. The van der Waals surface area contributed by atoms with E-state index in [1.807, 2.05) is 0 Å². The van der Waals surface area contributed by atoms with Crippen LogP contribution in [0.5, 0.6) is 0 Å². The number of aryl methyl sites for hydroxylation is 2. The van der Waals surface area contributed by atoms with Crippen LogP contribution < -0.4 is 9.80 Å². The Bertz CT molecular complexity index is 1900. The number of rotatable bonds is 4. The zero-order chi connectivity index (χ0) is 31.7. The average Bonchev–Trinajstić information content (AvgIpc) is 3.56. The first-order valence-corrected chi connectivity index (χ1v) is 17.3. The summed E-state index contributed by atoms with van der Waals surface area (Å²) in [5.41, 5.74) is 17.6. The van der Waals surface area contributed by atoms with E-state index < -0.39 is 0 Å². The Hall–Kier alpha value is -4.24. The lowest BCUT2D eigenvalue weighted by Gasteiger charge is -2.41. The van der Waals surface area contributed by atoms with Crippen molar-refractivity contribution in [1.29, 1.82) is 0 Å². The minimum Gasteiger partial charge on any atom is -0.465 e. The lowest BCUT2D eigenvalue weighted by Crippen LogP contribution is -2.44. The summed E-state index contributed by atoms with van der Waals surface area (Å²) in [7, 11) is 2.30. The number of ether oxygens (including phenoxy) is 1. The van der Waals surface area contributed by atoms with Gasteiger partial charge in [-0.15, -0.1) is 0 Å². The van der Waals surface area contributed by atoms with E-state index in [-0.39, 0.29) is 6.17 Å². The largest absolute Gasteiger partial charge is 0.465 e. The normalized spacial score (nSPS) is 23.9. The molecule has 8 rings (SSSR count). The highest BCUT2D eigenvalue weighted by Crippen LogP contribution is 2.56. The molecule has 3 atom stereocenters. The Balaban J connectivity index is 1.44. The van der Waals surface area contributed by atoms with Gasteiger partial charge in [0.2, 0.25) is 0 Å². The first-order chi connectivity index (χ1) is 22.3. The highest BCUT2D eigenvalue weighted by molar-refractivity contribution is 6.00. The van der Waals surface area contributed by atoms with Crippen LogP contribution in [0.3, 0.4) is 0 Å². The smallest absolute Gasteiger partial charge is 0.132 e. The quantitative estimate of drug-likeness (QED) is 0.294. The van der Waals surface area contributed by atoms with Gasteiger partial charge in [-0.05, 0) is 106 Å². The molecule has 0 spiro atoms. The van der Waals surface area contributed by atoms with Gasteiger partial charge in [-0.1, -0.05) is 79.3 Å². The fourth-order valence-electron chi connectivity index (χ4n) is 9.12. The fraction of sp³-hybridized carbons (Fsp3) is 0.349. The highest BCUT2D eigenvalue weighted by atomic mass is 16.5. The molecule has 2 heterocycles. The minimum atomic E-state index is 0.00791. The molecular weight excluding hydrogens is 560 g/mol. The molecule has 0 saturated carbocycles. The standard InChI is InChI=1S/C43H46N2O/c1-26-14-11-15-27(2)38(26)33-19-13-20-34(39-28(3)16-12-17-29(39)4)41(33)45-36-22-9-8-21-35(36)44(6)43(45)40-30(5)24-25-32-31-18-7-10-23-37(31)46-42(32)40/h7-9,11,13-16,18-22,30,32,43H,10,12,17,23-25H2,1-6H3. The second-order valence-electron chi connectivity index (χ2n) is 14.2. The van der Waals surface area contributed by atoms with Crippen LogP contribution >= 0.6 is 0 Å². The predicted molar refractivity (Wildman–Crippen MR) is 193 cm³/mol. The summed E-state index contributed by atoms with van der Waals surface area (Å²) in [5.74, 6) is 3.20.